The molecule has 0 saturated carbocycles. The van der Waals surface area contributed by atoms with E-state index in [0.717, 1.165) is 16.8 Å². The molecule has 1 aromatic rings. The van der Waals surface area contributed by atoms with Gasteiger partial charge in [0, 0.05) is 25.1 Å². The number of nitrogens with one attached hydrogen (secondary N) is 1. The number of carbonyl (C=O) groups excluding carboxylic acids is 6. The number of aliphatic hydroxyl groups is 1. The van der Waals surface area contributed by atoms with Gasteiger partial charge in [0.1, 0.15) is 42.3 Å². The summed E-state index contributed by atoms with van der Waals surface area (Å²) in [5.74, 6) is -12.6. The van der Waals surface area contributed by atoms with Crippen LogP contribution in [0.25, 0.3) is 0 Å². The quantitative estimate of drug-likeness (QED) is 0.0857. The first kappa shape index (κ1) is 43.9. The lowest BCUT2D eigenvalue weighted by Gasteiger charge is -2.48. The molecule has 2 saturated heterocycles. The van der Waals surface area contributed by atoms with Crippen molar-refractivity contribution < 1.29 is 76.5 Å². The van der Waals surface area contributed by atoms with Crippen LogP contribution in [0.5, 0.6) is 0 Å². The van der Waals surface area contributed by atoms with E-state index in [-0.39, 0.29) is 12.8 Å². The summed E-state index contributed by atoms with van der Waals surface area (Å²) >= 11 is 22.4. The fraction of sp³-hybridized carbons (Fsp3) is 0.655. The molecule has 0 spiro atoms. The highest BCUT2D eigenvalue weighted by Gasteiger charge is 2.62. The highest BCUT2D eigenvalue weighted by Crippen LogP contribution is 2.38. The lowest BCUT2D eigenvalue weighted by atomic mass is 9.96. The molecule has 296 valence electrons. The number of ether oxygens (including phenoxy) is 9. The Hall–Kier alpha value is -3.50. The average molecular weight is 840 g/mol. The maximum absolute atomic E-state index is 12.8. The first-order chi connectivity index (χ1) is 25.1. The summed E-state index contributed by atoms with van der Waals surface area (Å²) in [4.78, 5) is 101. The number of halogens is 4. The molecule has 0 bridgehead atoms. The lowest BCUT2D eigenvalue weighted by molar-refractivity contribution is -0.450. The van der Waals surface area contributed by atoms with Crippen LogP contribution in [0.3, 0.4) is 0 Å². The second kappa shape index (κ2) is 20.3. The molecule has 2 N–H and O–H groups in total. The molecule has 2 unspecified atom stereocenters. The summed E-state index contributed by atoms with van der Waals surface area (Å²) in [7, 11) is 0. The van der Waals surface area contributed by atoms with Gasteiger partial charge in [0.05, 0.1) is 6.61 Å². The SMILES string of the molecule is CCC(=O)OC1[C@@H](CO[C@]2(O)OC(COC(=O)CCl)[C@@H](OC(=O)CCl)[C@H](OC(=O)CCl)[C@H]2OC(=O)CCl)O[C@@H](n2ccc(=O)[nH]c2=O)[C@H]1OC(=O)CC. The Labute approximate surface area is 319 Å². The minimum absolute atomic E-state index is 0.173. The van der Waals surface area contributed by atoms with E-state index >= 15 is 0 Å². The van der Waals surface area contributed by atoms with Crippen molar-refractivity contribution in [3.8, 4) is 0 Å². The number of rotatable bonds is 17. The molecular weight excluding hydrogens is 806 g/mol. The van der Waals surface area contributed by atoms with E-state index in [0.29, 0.717) is 0 Å². The van der Waals surface area contributed by atoms with Crippen LogP contribution in [-0.4, -0.2) is 136 Å². The molecule has 0 amide bonds. The van der Waals surface area contributed by atoms with Crippen LogP contribution in [-0.2, 0) is 71.4 Å². The van der Waals surface area contributed by atoms with Crippen molar-refractivity contribution in [3.05, 3.63) is 33.1 Å². The van der Waals surface area contributed by atoms with Gasteiger partial charge in [0.15, 0.2) is 30.6 Å². The molecule has 53 heavy (non-hydrogen) atoms. The van der Waals surface area contributed by atoms with Crippen molar-refractivity contribution in [3.63, 3.8) is 0 Å². The summed E-state index contributed by atoms with van der Waals surface area (Å²) in [5, 5.41) is 11.9. The summed E-state index contributed by atoms with van der Waals surface area (Å²) in [6.07, 6.45) is -13.6. The molecule has 2 aliphatic heterocycles. The van der Waals surface area contributed by atoms with Gasteiger partial charge in [-0.2, -0.15) is 0 Å². The van der Waals surface area contributed by atoms with Gasteiger partial charge in [-0.3, -0.25) is 43.1 Å². The maximum Gasteiger partial charge on any atom is 0.330 e. The number of aromatic amines is 1. The van der Waals surface area contributed by atoms with Crippen LogP contribution in [0.15, 0.2) is 21.9 Å². The molecule has 20 nitrogen and oxygen atoms in total. The summed E-state index contributed by atoms with van der Waals surface area (Å²) in [5.41, 5.74) is -1.79. The Morgan fingerprint density at radius 1 is 0.736 bits per heavy atom. The van der Waals surface area contributed by atoms with Crippen molar-refractivity contribution >= 4 is 82.2 Å². The molecule has 3 heterocycles. The zero-order valence-corrected chi connectivity index (χ0v) is 30.8. The van der Waals surface area contributed by atoms with Crippen LogP contribution >= 0.6 is 46.4 Å². The summed E-state index contributed by atoms with van der Waals surface area (Å²) in [6.45, 7) is 1.11. The van der Waals surface area contributed by atoms with Gasteiger partial charge in [0.25, 0.3) is 5.56 Å². The highest BCUT2D eigenvalue weighted by molar-refractivity contribution is 6.27. The molecule has 0 aliphatic carbocycles. The third-order valence-electron chi connectivity index (χ3n) is 7.28. The molecule has 0 radical (unpaired) electrons. The van der Waals surface area contributed by atoms with E-state index in [9.17, 15) is 43.5 Å². The van der Waals surface area contributed by atoms with Crippen molar-refractivity contribution in [1.29, 1.82) is 0 Å². The van der Waals surface area contributed by atoms with Crippen LogP contribution in [0.4, 0.5) is 0 Å². The number of H-pyrrole nitrogens is 1. The Bertz CT molecular complexity index is 1610. The summed E-state index contributed by atoms with van der Waals surface area (Å²) in [6, 6.07) is 0.960. The van der Waals surface area contributed by atoms with E-state index in [1.807, 2.05) is 4.98 Å². The van der Waals surface area contributed by atoms with Gasteiger partial charge < -0.3 is 47.7 Å². The molecular formula is C29H34Cl4N2O18. The zero-order chi connectivity index (χ0) is 39.5. The van der Waals surface area contributed by atoms with Gasteiger partial charge in [-0.15, -0.1) is 46.4 Å². The number of hydrogen-bond donors (Lipinski definition) is 2. The van der Waals surface area contributed by atoms with Gasteiger partial charge in [0.2, 0.25) is 6.10 Å². The van der Waals surface area contributed by atoms with Gasteiger partial charge in [-0.05, 0) is 0 Å². The predicted molar refractivity (Wildman–Crippen MR) is 175 cm³/mol. The van der Waals surface area contributed by atoms with E-state index in [1.54, 1.807) is 0 Å². The Balaban J connectivity index is 2.13. The Kier molecular flexibility index (Phi) is 16.8. The second-order valence-corrected chi connectivity index (χ2v) is 11.9. The molecule has 3 rings (SSSR count). The minimum Gasteiger partial charge on any atom is -0.462 e. The lowest BCUT2D eigenvalue weighted by Crippen LogP contribution is -2.69. The molecule has 24 heteroatoms. The molecule has 2 aliphatic rings. The largest absolute Gasteiger partial charge is 0.462 e. The van der Waals surface area contributed by atoms with Crippen LogP contribution in [0.2, 0.25) is 0 Å². The van der Waals surface area contributed by atoms with Crippen LogP contribution < -0.4 is 11.2 Å². The van der Waals surface area contributed by atoms with E-state index < -0.39 is 139 Å². The zero-order valence-electron chi connectivity index (χ0n) is 27.8. The van der Waals surface area contributed by atoms with Crippen molar-refractivity contribution in [2.24, 2.45) is 0 Å². The van der Waals surface area contributed by atoms with Gasteiger partial charge >= 0.3 is 47.5 Å². The topological polar surface area (TPSA) is 261 Å². The number of carbonyl (C=O) groups is 6. The fourth-order valence-electron chi connectivity index (χ4n) is 4.99. The van der Waals surface area contributed by atoms with Crippen molar-refractivity contribution in [1.82, 2.24) is 9.55 Å². The number of esters is 6. The second-order valence-electron chi connectivity index (χ2n) is 10.8. The minimum atomic E-state index is -3.26. The van der Waals surface area contributed by atoms with E-state index in [4.69, 9.17) is 89.0 Å². The molecule has 1 aromatic heterocycles. The number of alkyl halides is 4. The Morgan fingerprint density at radius 2 is 1.25 bits per heavy atom. The monoisotopic (exact) mass is 838 g/mol. The predicted octanol–water partition coefficient (Wildman–Crippen LogP) is -0.627. The number of aromatic nitrogens is 2. The van der Waals surface area contributed by atoms with Crippen molar-refractivity contribution in [2.75, 3.05) is 36.7 Å². The van der Waals surface area contributed by atoms with Crippen molar-refractivity contribution in [2.45, 2.75) is 81.6 Å². The Morgan fingerprint density at radius 3 is 1.79 bits per heavy atom. The third-order valence-corrected chi connectivity index (χ3v) is 8.16. The maximum atomic E-state index is 12.8. The fourth-order valence-corrected chi connectivity index (χ4v) is 5.25. The average Bonchev–Trinajstić information content (AvgIpc) is 3.46. The van der Waals surface area contributed by atoms with E-state index in [2.05, 4.69) is 0 Å². The third kappa shape index (κ3) is 11.5. The highest BCUT2D eigenvalue weighted by atomic mass is 35.5. The summed E-state index contributed by atoms with van der Waals surface area (Å²) < 4.78 is 50.1. The van der Waals surface area contributed by atoms with Crippen LogP contribution in [0.1, 0.15) is 32.9 Å². The molecule has 9 atom stereocenters. The first-order valence-corrected chi connectivity index (χ1v) is 17.7. The van der Waals surface area contributed by atoms with Gasteiger partial charge in [-0.1, -0.05) is 13.8 Å². The molecule has 0 aromatic carbocycles. The smallest absolute Gasteiger partial charge is 0.330 e. The number of nitrogens with zero attached hydrogens (tertiary/aromatic N) is 1. The molecule has 2 fully saturated rings. The van der Waals surface area contributed by atoms with E-state index in [1.165, 1.54) is 13.8 Å². The first-order valence-electron chi connectivity index (χ1n) is 15.5. The van der Waals surface area contributed by atoms with Crippen LogP contribution in [0, 0.1) is 0 Å². The van der Waals surface area contributed by atoms with Gasteiger partial charge in [-0.25, -0.2) is 4.79 Å². The number of hydrogen-bond acceptors (Lipinski definition) is 18. The normalized spacial score (nSPS) is 28.0. The standard InChI is InChI=1S/C29H34Cl4N2O18/c1-3-16(37)48-22-13(47-27(25(22)49-17(38)4-2)35-6-5-15(36)34-28(35)43)12-46-29(44)26(52-21(42)10-33)24(51-20(41)9-32)23(50-19(40)8-31)14(53-29)11-45-18(39)7-30/h5-6,13-14,22-27,44H,3-4,7-12H2,1-2H3,(H,34,36,43)/t13-,14?,22?,23-,24+,25+,26-,27-,29+/m1/s1.